The molecule has 164 valence electrons. The summed E-state index contributed by atoms with van der Waals surface area (Å²) < 4.78 is 65.5. The molecule has 2 N–H and O–H groups in total. The Labute approximate surface area is 185 Å². The number of anilines is 2. The molecule has 0 aliphatic heterocycles. The molecule has 0 spiro atoms. The Kier molecular flexibility index (Phi) is 6.63. The van der Waals surface area contributed by atoms with Gasteiger partial charge in [0.2, 0.25) is 0 Å². The van der Waals surface area contributed by atoms with Gasteiger partial charge in [0.1, 0.15) is 0 Å². The molecule has 0 bridgehead atoms. The van der Waals surface area contributed by atoms with E-state index in [-0.39, 0.29) is 31.9 Å². The van der Waals surface area contributed by atoms with E-state index >= 15 is 0 Å². The van der Waals surface area contributed by atoms with Gasteiger partial charge < -0.3 is 9.47 Å². The van der Waals surface area contributed by atoms with E-state index in [4.69, 9.17) is 21.1 Å². The van der Waals surface area contributed by atoms with Crippen LogP contribution in [0.4, 0.5) is 11.4 Å². The number of rotatable bonds is 8. The third-order valence-electron chi connectivity index (χ3n) is 4.20. The quantitative estimate of drug-likeness (QED) is 0.502. The summed E-state index contributed by atoms with van der Waals surface area (Å²) in [6.07, 6.45) is 0. The third kappa shape index (κ3) is 5.22. The van der Waals surface area contributed by atoms with Crippen LogP contribution >= 0.6 is 11.6 Å². The lowest BCUT2D eigenvalue weighted by Gasteiger charge is -2.12. The predicted octanol–water partition coefficient (Wildman–Crippen LogP) is 3.96. The van der Waals surface area contributed by atoms with Crippen LogP contribution in [0.1, 0.15) is 0 Å². The molecule has 0 aromatic heterocycles. The number of ether oxygens (including phenoxy) is 2. The number of para-hydroxylation sites is 1. The normalized spacial score (nSPS) is 11.6. The van der Waals surface area contributed by atoms with Crippen molar-refractivity contribution < 1.29 is 26.3 Å². The van der Waals surface area contributed by atoms with E-state index in [0.717, 1.165) is 0 Å². The van der Waals surface area contributed by atoms with Crippen molar-refractivity contribution >= 4 is 43.0 Å². The van der Waals surface area contributed by atoms with Crippen LogP contribution in [0.25, 0.3) is 0 Å². The van der Waals surface area contributed by atoms with Gasteiger partial charge in [0, 0.05) is 11.8 Å². The minimum atomic E-state index is -3.94. The molecule has 0 amide bonds. The first-order valence-corrected chi connectivity index (χ1v) is 12.1. The summed E-state index contributed by atoms with van der Waals surface area (Å²) in [5.74, 6) is 0.652. The van der Waals surface area contributed by atoms with Gasteiger partial charge in [0.05, 0.1) is 34.7 Å². The number of nitrogens with one attached hydrogen (secondary N) is 2. The zero-order valence-electron chi connectivity index (χ0n) is 16.5. The summed E-state index contributed by atoms with van der Waals surface area (Å²) in [4.78, 5) is -0.0938. The van der Waals surface area contributed by atoms with Crippen molar-refractivity contribution in [1.82, 2.24) is 0 Å². The summed E-state index contributed by atoms with van der Waals surface area (Å²) in [5, 5.41) is 0.255. The van der Waals surface area contributed by atoms with Gasteiger partial charge >= 0.3 is 0 Å². The molecule has 3 rings (SSSR count). The average Bonchev–Trinajstić information content (AvgIpc) is 2.74. The Morgan fingerprint density at radius 3 is 1.90 bits per heavy atom. The van der Waals surface area contributed by atoms with E-state index < -0.39 is 20.0 Å². The van der Waals surface area contributed by atoms with Crippen molar-refractivity contribution in [3.05, 3.63) is 71.8 Å². The molecule has 0 atom stereocenters. The highest BCUT2D eigenvalue weighted by Crippen LogP contribution is 2.30. The van der Waals surface area contributed by atoms with E-state index in [1.54, 1.807) is 18.2 Å². The summed E-state index contributed by atoms with van der Waals surface area (Å²) >= 11 is 5.99. The summed E-state index contributed by atoms with van der Waals surface area (Å²) in [6.45, 7) is 0. The van der Waals surface area contributed by atoms with Gasteiger partial charge in [0.15, 0.2) is 11.5 Å². The third-order valence-corrected chi connectivity index (χ3v) is 7.29. The van der Waals surface area contributed by atoms with E-state index in [1.807, 2.05) is 0 Å². The maximum atomic E-state index is 12.7. The number of sulfonamides is 2. The van der Waals surface area contributed by atoms with Gasteiger partial charge in [-0.25, -0.2) is 16.8 Å². The van der Waals surface area contributed by atoms with Crippen molar-refractivity contribution in [2.24, 2.45) is 0 Å². The maximum Gasteiger partial charge on any atom is 0.262 e. The number of hydrogen-bond acceptors (Lipinski definition) is 6. The fraction of sp³-hybridized carbons (Fsp3) is 0.100. The molecular formula is C20H19ClN2O6S2. The standard InChI is InChI=1S/C20H19ClN2O6S2/c1-28-19-12-11-16(13-20(19)29-2)31(26,27)22-14-7-9-15(10-8-14)30(24,25)23-18-6-4-3-5-17(18)21/h3-13,22-23H,1-2H3. The van der Waals surface area contributed by atoms with Crippen molar-refractivity contribution in [1.29, 1.82) is 0 Å². The van der Waals surface area contributed by atoms with Crippen LogP contribution in [0.15, 0.2) is 76.5 Å². The topological polar surface area (TPSA) is 111 Å². The second-order valence-electron chi connectivity index (χ2n) is 6.23. The Hall–Kier alpha value is -2.95. The number of halogens is 1. The lowest BCUT2D eigenvalue weighted by Crippen LogP contribution is -2.15. The molecule has 0 radical (unpaired) electrons. The molecular weight excluding hydrogens is 464 g/mol. The van der Waals surface area contributed by atoms with Gasteiger partial charge in [-0.1, -0.05) is 23.7 Å². The van der Waals surface area contributed by atoms with Crippen molar-refractivity contribution in [3.8, 4) is 11.5 Å². The van der Waals surface area contributed by atoms with E-state index in [1.165, 1.54) is 62.8 Å². The first-order valence-electron chi connectivity index (χ1n) is 8.78. The smallest absolute Gasteiger partial charge is 0.262 e. The zero-order chi connectivity index (χ0) is 22.6. The highest BCUT2D eigenvalue weighted by Gasteiger charge is 2.19. The monoisotopic (exact) mass is 482 g/mol. The van der Waals surface area contributed by atoms with Gasteiger partial charge in [-0.15, -0.1) is 0 Å². The predicted molar refractivity (Wildman–Crippen MR) is 119 cm³/mol. The molecule has 0 saturated carbocycles. The van der Waals surface area contributed by atoms with Gasteiger partial charge in [-0.05, 0) is 48.5 Å². The lowest BCUT2D eigenvalue weighted by atomic mass is 10.3. The molecule has 0 unspecified atom stereocenters. The molecule has 11 heteroatoms. The van der Waals surface area contributed by atoms with E-state index in [9.17, 15) is 16.8 Å². The van der Waals surface area contributed by atoms with Crippen molar-refractivity contribution in [3.63, 3.8) is 0 Å². The lowest BCUT2D eigenvalue weighted by molar-refractivity contribution is 0.354. The first-order chi connectivity index (χ1) is 14.7. The molecule has 0 aliphatic carbocycles. The fourth-order valence-corrected chi connectivity index (χ4v) is 5.04. The van der Waals surface area contributed by atoms with Crippen LogP contribution in [0.2, 0.25) is 5.02 Å². The van der Waals surface area contributed by atoms with Gasteiger partial charge in [0.25, 0.3) is 20.0 Å². The summed E-state index contributed by atoms with van der Waals surface area (Å²) in [7, 11) is -5.00. The van der Waals surface area contributed by atoms with Crippen molar-refractivity contribution in [2.45, 2.75) is 9.79 Å². The maximum absolute atomic E-state index is 12.7. The fourth-order valence-electron chi connectivity index (χ4n) is 2.65. The van der Waals surface area contributed by atoms with Crippen LogP contribution < -0.4 is 18.9 Å². The van der Waals surface area contributed by atoms with E-state index in [2.05, 4.69) is 9.44 Å². The molecule has 3 aromatic carbocycles. The largest absolute Gasteiger partial charge is 0.493 e. The second kappa shape index (κ2) is 9.04. The number of benzene rings is 3. The van der Waals surface area contributed by atoms with Crippen molar-refractivity contribution in [2.75, 3.05) is 23.7 Å². The SMILES string of the molecule is COc1ccc(S(=O)(=O)Nc2ccc(S(=O)(=O)Nc3ccccc3Cl)cc2)cc1OC. The van der Waals surface area contributed by atoms with Crippen LogP contribution in [0.3, 0.4) is 0 Å². The minimum absolute atomic E-state index is 0.0396. The molecule has 3 aromatic rings. The average molecular weight is 483 g/mol. The molecule has 0 saturated heterocycles. The van der Waals surface area contributed by atoms with Crippen LogP contribution in [-0.4, -0.2) is 31.1 Å². The van der Waals surface area contributed by atoms with Crippen LogP contribution in [0.5, 0.6) is 11.5 Å². The molecule has 31 heavy (non-hydrogen) atoms. The number of methoxy groups -OCH3 is 2. The first kappa shape index (κ1) is 22.7. The van der Waals surface area contributed by atoms with Gasteiger partial charge in [-0.2, -0.15) is 0 Å². The highest BCUT2D eigenvalue weighted by molar-refractivity contribution is 7.93. The zero-order valence-corrected chi connectivity index (χ0v) is 18.9. The molecule has 0 heterocycles. The number of hydrogen-bond donors (Lipinski definition) is 2. The Bertz CT molecular complexity index is 1290. The summed E-state index contributed by atoms with van der Waals surface area (Å²) in [5.41, 5.74) is 0.425. The van der Waals surface area contributed by atoms with E-state index in [0.29, 0.717) is 5.75 Å². The molecule has 8 nitrogen and oxygen atoms in total. The second-order valence-corrected chi connectivity index (χ2v) is 10.0. The van der Waals surface area contributed by atoms with Gasteiger partial charge in [-0.3, -0.25) is 9.44 Å². The van der Waals surface area contributed by atoms with Crippen LogP contribution in [-0.2, 0) is 20.0 Å². The highest BCUT2D eigenvalue weighted by atomic mass is 35.5. The van der Waals surface area contributed by atoms with Crippen LogP contribution in [0, 0.1) is 0 Å². The Morgan fingerprint density at radius 2 is 1.29 bits per heavy atom. The molecule has 0 fully saturated rings. The Balaban J connectivity index is 1.81. The summed E-state index contributed by atoms with van der Waals surface area (Å²) in [6, 6.07) is 15.9. The molecule has 0 aliphatic rings. The Morgan fingerprint density at radius 1 is 0.710 bits per heavy atom. The minimum Gasteiger partial charge on any atom is -0.493 e.